The van der Waals surface area contributed by atoms with E-state index in [0.29, 0.717) is 17.7 Å². The number of amides is 1. The van der Waals surface area contributed by atoms with Crippen LogP contribution in [0.3, 0.4) is 0 Å². The topological polar surface area (TPSA) is 72.2 Å². The first-order valence-electron chi connectivity index (χ1n) is 6.63. The zero-order valence-electron chi connectivity index (χ0n) is 12.4. The predicted molar refractivity (Wildman–Crippen MR) is 82.2 cm³/mol. The maximum absolute atomic E-state index is 13.4. The lowest BCUT2D eigenvalue weighted by molar-refractivity contribution is -0.387. The Hall–Kier alpha value is -2.68. The molecule has 2 aromatic carbocycles. The maximum atomic E-state index is 13.4. The van der Waals surface area contributed by atoms with Crippen molar-refractivity contribution in [2.24, 2.45) is 0 Å². The minimum atomic E-state index is -4.61. The number of halogens is 5. The molecule has 2 rings (SSSR count). The summed E-state index contributed by atoms with van der Waals surface area (Å²) in [5.41, 5.74) is -2.22. The number of carbonyl (C=O) groups is 1. The van der Waals surface area contributed by atoms with Crippen LogP contribution in [0.1, 0.15) is 21.5 Å². The van der Waals surface area contributed by atoms with Crippen molar-refractivity contribution >= 4 is 28.9 Å². The van der Waals surface area contributed by atoms with Crippen LogP contribution >= 0.6 is 11.6 Å². The Balaban J connectivity index is 2.41. The third kappa shape index (κ3) is 4.05. The zero-order valence-corrected chi connectivity index (χ0v) is 13.2. The number of rotatable bonds is 3. The first-order chi connectivity index (χ1) is 11.5. The zero-order chi connectivity index (χ0) is 18.9. The Kier molecular flexibility index (Phi) is 4.98. The Morgan fingerprint density at radius 1 is 1.24 bits per heavy atom. The first kappa shape index (κ1) is 18.7. The molecular weight excluding hydrogens is 368 g/mol. The van der Waals surface area contributed by atoms with Gasteiger partial charge in [0.1, 0.15) is 0 Å². The number of nitrogens with zero attached hydrogens (tertiary/aromatic N) is 1. The summed E-state index contributed by atoms with van der Waals surface area (Å²) in [5.74, 6) is -2.24. The van der Waals surface area contributed by atoms with E-state index in [1.165, 1.54) is 6.92 Å². The van der Waals surface area contributed by atoms with E-state index in [4.69, 9.17) is 11.6 Å². The summed E-state index contributed by atoms with van der Waals surface area (Å²) in [6, 6.07) is 3.94. The second-order valence-corrected chi connectivity index (χ2v) is 5.43. The minimum absolute atomic E-state index is 0.150. The molecule has 1 amide bonds. The summed E-state index contributed by atoms with van der Waals surface area (Å²) in [5, 5.41) is 12.5. The molecule has 0 spiro atoms. The van der Waals surface area contributed by atoms with Crippen molar-refractivity contribution in [2.75, 3.05) is 5.32 Å². The fraction of sp³-hybridized carbons (Fsp3) is 0.133. The molecule has 1 N–H and O–H groups in total. The summed E-state index contributed by atoms with van der Waals surface area (Å²) in [6.45, 7) is 1.46. The van der Waals surface area contributed by atoms with Crippen molar-refractivity contribution in [1.82, 2.24) is 0 Å². The summed E-state index contributed by atoms with van der Waals surface area (Å²) in [4.78, 5) is 21.9. The highest BCUT2D eigenvalue weighted by Gasteiger charge is 2.31. The normalized spacial score (nSPS) is 11.3. The highest BCUT2D eigenvalue weighted by atomic mass is 35.5. The van der Waals surface area contributed by atoms with Crippen molar-refractivity contribution in [3.63, 3.8) is 0 Å². The van der Waals surface area contributed by atoms with Crippen LogP contribution in [0, 0.1) is 22.9 Å². The number of carbonyl (C=O) groups excluding carboxylic acids is 1. The lowest BCUT2D eigenvalue weighted by Crippen LogP contribution is -2.15. The number of benzene rings is 2. The van der Waals surface area contributed by atoms with Gasteiger partial charge in [-0.05, 0) is 24.6 Å². The summed E-state index contributed by atoms with van der Waals surface area (Å²) in [6.07, 6.45) is -4.61. The lowest BCUT2D eigenvalue weighted by Gasteiger charge is -2.13. The number of hydrogen-bond acceptors (Lipinski definition) is 3. The molecule has 0 atom stereocenters. The van der Waals surface area contributed by atoms with Gasteiger partial charge < -0.3 is 5.32 Å². The molecule has 0 radical (unpaired) electrons. The van der Waals surface area contributed by atoms with Gasteiger partial charge in [-0.2, -0.15) is 17.6 Å². The van der Waals surface area contributed by atoms with Crippen LogP contribution in [0.15, 0.2) is 30.3 Å². The molecular formula is C15H9ClF4N2O3. The molecule has 25 heavy (non-hydrogen) atoms. The lowest BCUT2D eigenvalue weighted by atomic mass is 10.1. The molecule has 0 aliphatic rings. The third-order valence-electron chi connectivity index (χ3n) is 3.29. The van der Waals surface area contributed by atoms with Gasteiger partial charge in [-0.3, -0.25) is 14.9 Å². The van der Waals surface area contributed by atoms with Gasteiger partial charge in [0, 0.05) is 17.8 Å². The number of nitro groups is 1. The molecule has 0 aromatic heterocycles. The van der Waals surface area contributed by atoms with Gasteiger partial charge in [-0.15, -0.1) is 0 Å². The van der Waals surface area contributed by atoms with Gasteiger partial charge in [-0.1, -0.05) is 17.7 Å². The molecule has 0 heterocycles. The predicted octanol–water partition coefficient (Wildman–Crippen LogP) is 4.97. The summed E-state index contributed by atoms with van der Waals surface area (Å²) < 4.78 is 51.7. The smallest absolute Gasteiger partial charge is 0.322 e. The molecule has 2 aromatic rings. The molecule has 10 heteroatoms. The van der Waals surface area contributed by atoms with Crippen molar-refractivity contribution in [3.8, 4) is 0 Å². The number of nitrogens with one attached hydrogen (secondary N) is 1. The standard InChI is InChI=1S/C15H9ClF4N2O3/c1-7-2-3-8(15(18,19)20)4-12(7)21-14(23)9-5-13(22(24)25)11(17)6-10(9)16/h2-6H,1H3,(H,21,23). The molecule has 0 unspecified atom stereocenters. The monoisotopic (exact) mass is 376 g/mol. The third-order valence-corrected chi connectivity index (χ3v) is 3.60. The van der Waals surface area contributed by atoms with Crippen LogP contribution in [0.25, 0.3) is 0 Å². The van der Waals surface area contributed by atoms with Gasteiger partial charge in [0.15, 0.2) is 0 Å². The van der Waals surface area contributed by atoms with Crippen LogP contribution in [0.2, 0.25) is 5.02 Å². The molecule has 0 aliphatic heterocycles. The van der Waals surface area contributed by atoms with Crippen LogP contribution in [0.5, 0.6) is 0 Å². The molecule has 0 bridgehead atoms. The van der Waals surface area contributed by atoms with E-state index in [2.05, 4.69) is 5.32 Å². The Morgan fingerprint density at radius 3 is 2.44 bits per heavy atom. The fourth-order valence-corrected chi connectivity index (χ4v) is 2.21. The Bertz CT molecular complexity index is 869. The highest BCUT2D eigenvalue weighted by Crippen LogP contribution is 2.33. The molecule has 0 fully saturated rings. The van der Waals surface area contributed by atoms with Crippen molar-refractivity contribution in [1.29, 1.82) is 0 Å². The molecule has 5 nitrogen and oxygen atoms in total. The van der Waals surface area contributed by atoms with E-state index in [-0.39, 0.29) is 5.69 Å². The molecule has 0 aliphatic carbocycles. The average Bonchev–Trinajstić information content (AvgIpc) is 2.47. The Labute approximate surface area is 143 Å². The van der Waals surface area contributed by atoms with Crippen LogP contribution in [-0.4, -0.2) is 10.8 Å². The van der Waals surface area contributed by atoms with Crippen LogP contribution in [0.4, 0.5) is 28.9 Å². The van der Waals surface area contributed by atoms with Gasteiger partial charge in [0.25, 0.3) is 5.91 Å². The maximum Gasteiger partial charge on any atom is 0.416 e. The van der Waals surface area contributed by atoms with E-state index < -0.39 is 44.7 Å². The van der Waals surface area contributed by atoms with Crippen molar-refractivity contribution in [3.05, 3.63) is 68.0 Å². The average molecular weight is 377 g/mol. The number of nitro benzene ring substituents is 1. The number of hydrogen-bond donors (Lipinski definition) is 1. The fourth-order valence-electron chi connectivity index (χ4n) is 1.97. The van der Waals surface area contributed by atoms with Gasteiger partial charge in [-0.25, -0.2) is 0 Å². The van der Waals surface area contributed by atoms with E-state index in [9.17, 15) is 32.5 Å². The van der Waals surface area contributed by atoms with E-state index in [0.717, 1.165) is 18.2 Å². The van der Waals surface area contributed by atoms with Crippen molar-refractivity contribution in [2.45, 2.75) is 13.1 Å². The summed E-state index contributed by atoms with van der Waals surface area (Å²) in [7, 11) is 0. The van der Waals surface area contributed by atoms with Crippen molar-refractivity contribution < 1.29 is 27.3 Å². The van der Waals surface area contributed by atoms with Gasteiger partial charge in [0.05, 0.1) is 21.1 Å². The SMILES string of the molecule is Cc1ccc(C(F)(F)F)cc1NC(=O)c1cc([N+](=O)[O-])c(F)cc1Cl. The second-order valence-electron chi connectivity index (χ2n) is 5.02. The van der Waals surface area contributed by atoms with E-state index in [1.807, 2.05) is 0 Å². The molecule has 0 saturated carbocycles. The second kappa shape index (κ2) is 6.67. The minimum Gasteiger partial charge on any atom is -0.322 e. The Morgan fingerprint density at radius 2 is 1.88 bits per heavy atom. The highest BCUT2D eigenvalue weighted by molar-refractivity contribution is 6.34. The van der Waals surface area contributed by atoms with E-state index in [1.54, 1.807) is 0 Å². The quantitative estimate of drug-likeness (QED) is 0.467. The summed E-state index contributed by atoms with van der Waals surface area (Å²) >= 11 is 5.71. The molecule has 0 saturated heterocycles. The van der Waals surface area contributed by atoms with E-state index >= 15 is 0 Å². The van der Waals surface area contributed by atoms with Crippen LogP contribution in [-0.2, 0) is 6.18 Å². The largest absolute Gasteiger partial charge is 0.416 e. The van der Waals surface area contributed by atoms with Gasteiger partial charge >= 0.3 is 11.9 Å². The van der Waals surface area contributed by atoms with Gasteiger partial charge in [0.2, 0.25) is 5.82 Å². The first-order valence-corrected chi connectivity index (χ1v) is 7.01. The van der Waals surface area contributed by atoms with Crippen LogP contribution < -0.4 is 5.32 Å². The number of alkyl halides is 3. The number of anilines is 1. The number of aryl methyl sites for hydroxylation is 1. The molecule has 132 valence electrons.